The van der Waals surface area contributed by atoms with Gasteiger partial charge in [0.25, 0.3) is 0 Å². The van der Waals surface area contributed by atoms with Crippen molar-refractivity contribution in [1.29, 1.82) is 0 Å². The number of rotatable bonds is 3. The monoisotopic (exact) mass is 347 g/mol. The van der Waals surface area contributed by atoms with E-state index < -0.39 is 11.6 Å². The van der Waals surface area contributed by atoms with E-state index >= 15 is 0 Å². The summed E-state index contributed by atoms with van der Waals surface area (Å²) in [5.74, 6) is -1.38. The molecule has 0 spiro atoms. The second-order valence-electron chi connectivity index (χ2n) is 3.84. The van der Waals surface area contributed by atoms with E-state index in [1.807, 2.05) is 0 Å². The van der Waals surface area contributed by atoms with E-state index in [9.17, 15) is 13.9 Å². The number of phenols is 1. The average Bonchev–Trinajstić information content (AvgIpc) is 2.31. The molecule has 0 unspecified atom stereocenters. The molecule has 0 amide bonds. The van der Waals surface area contributed by atoms with E-state index in [0.29, 0.717) is 10.6 Å². The maximum Gasteiger partial charge on any atom is 0.150 e. The van der Waals surface area contributed by atoms with E-state index in [1.165, 1.54) is 6.07 Å². The molecule has 0 bridgehead atoms. The lowest BCUT2D eigenvalue weighted by Crippen LogP contribution is -2.03. The minimum absolute atomic E-state index is 0.0126. The van der Waals surface area contributed by atoms with E-state index in [4.69, 9.17) is 11.6 Å². The molecule has 0 aromatic heterocycles. The number of anilines is 1. The van der Waals surface area contributed by atoms with Crippen LogP contribution in [0.15, 0.2) is 34.8 Å². The van der Waals surface area contributed by atoms with Gasteiger partial charge < -0.3 is 10.4 Å². The molecule has 100 valence electrons. The van der Waals surface area contributed by atoms with Crippen LogP contribution in [0.25, 0.3) is 0 Å². The largest absolute Gasteiger partial charge is 0.508 e. The molecule has 0 fully saturated rings. The lowest BCUT2D eigenvalue weighted by atomic mass is 10.2. The van der Waals surface area contributed by atoms with Gasteiger partial charge in [-0.2, -0.15) is 0 Å². The number of nitrogens with one attached hydrogen (secondary N) is 1. The Morgan fingerprint density at radius 2 is 2.00 bits per heavy atom. The molecule has 0 aliphatic carbocycles. The number of hydrogen-bond donors (Lipinski definition) is 2. The van der Waals surface area contributed by atoms with Crippen LogP contribution >= 0.6 is 27.5 Å². The number of hydrogen-bond acceptors (Lipinski definition) is 2. The predicted octanol–water partition coefficient (Wildman–Crippen LogP) is 4.70. The maximum atomic E-state index is 13.6. The second kappa shape index (κ2) is 5.75. The molecule has 0 atom stereocenters. The summed E-state index contributed by atoms with van der Waals surface area (Å²) in [5.41, 5.74) is 0.556. The summed E-state index contributed by atoms with van der Waals surface area (Å²) in [7, 11) is 0. The summed E-state index contributed by atoms with van der Waals surface area (Å²) in [6.45, 7) is 0.118. The Morgan fingerprint density at radius 1 is 1.26 bits per heavy atom. The van der Waals surface area contributed by atoms with Gasteiger partial charge in [-0.1, -0.05) is 17.7 Å². The van der Waals surface area contributed by atoms with Crippen LogP contribution in [-0.2, 0) is 6.54 Å². The van der Waals surface area contributed by atoms with Crippen molar-refractivity contribution < 1.29 is 13.9 Å². The van der Waals surface area contributed by atoms with Gasteiger partial charge in [0.05, 0.1) is 5.69 Å². The molecule has 19 heavy (non-hydrogen) atoms. The molecule has 0 radical (unpaired) electrons. The number of phenolic OH excluding ortho intramolecular Hbond substituents is 1. The SMILES string of the molecule is Oc1cccc(Cl)c1CNc1c(F)cc(F)cc1Br. The smallest absolute Gasteiger partial charge is 0.150 e. The molecule has 2 N–H and O–H groups in total. The molecular formula is C13H9BrClF2NO. The zero-order chi connectivity index (χ0) is 14.0. The standard InChI is InChI=1S/C13H9BrClF2NO/c14-9-4-7(16)5-11(17)13(9)18-6-8-10(15)2-1-3-12(8)19/h1-5,18-19H,6H2. The zero-order valence-electron chi connectivity index (χ0n) is 9.55. The van der Waals surface area contributed by atoms with Crippen molar-refractivity contribution in [3.05, 3.63) is 57.0 Å². The maximum absolute atomic E-state index is 13.6. The van der Waals surface area contributed by atoms with E-state index in [-0.39, 0.29) is 22.5 Å². The fourth-order valence-corrected chi connectivity index (χ4v) is 2.39. The zero-order valence-corrected chi connectivity index (χ0v) is 11.9. The fraction of sp³-hybridized carbons (Fsp3) is 0.0769. The summed E-state index contributed by atoms with van der Waals surface area (Å²) in [5, 5.41) is 12.8. The summed E-state index contributed by atoms with van der Waals surface area (Å²) >= 11 is 9.01. The van der Waals surface area contributed by atoms with Gasteiger partial charge in [0, 0.05) is 27.7 Å². The van der Waals surface area contributed by atoms with Gasteiger partial charge in [0.2, 0.25) is 0 Å². The van der Waals surface area contributed by atoms with Crippen molar-refractivity contribution in [2.75, 3.05) is 5.32 Å². The van der Waals surface area contributed by atoms with Gasteiger partial charge in [-0.15, -0.1) is 0 Å². The lowest BCUT2D eigenvalue weighted by Gasteiger charge is -2.12. The number of benzene rings is 2. The topological polar surface area (TPSA) is 32.3 Å². The fourth-order valence-electron chi connectivity index (χ4n) is 1.61. The highest BCUT2D eigenvalue weighted by atomic mass is 79.9. The van der Waals surface area contributed by atoms with E-state index in [0.717, 1.165) is 12.1 Å². The number of aromatic hydroxyl groups is 1. The minimum Gasteiger partial charge on any atom is -0.508 e. The molecule has 2 nitrogen and oxygen atoms in total. The Labute approximate surface area is 122 Å². The highest BCUT2D eigenvalue weighted by Gasteiger charge is 2.11. The summed E-state index contributed by atoms with van der Waals surface area (Å²) in [4.78, 5) is 0. The molecule has 0 saturated carbocycles. The van der Waals surface area contributed by atoms with Crippen molar-refractivity contribution in [2.24, 2.45) is 0 Å². The number of halogens is 4. The van der Waals surface area contributed by atoms with Crippen LogP contribution in [0.5, 0.6) is 5.75 Å². The van der Waals surface area contributed by atoms with Crippen LogP contribution in [0.1, 0.15) is 5.56 Å². The third-order valence-corrected chi connectivity index (χ3v) is 3.52. The van der Waals surface area contributed by atoms with Crippen molar-refractivity contribution in [3.63, 3.8) is 0 Å². The predicted molar refractivity (Wildman–Crippen MR) is 74.5 cm³/mol. The third kappa shape index (κ3) is 3.16. The first-order valence-electron chi connectivity index (χ1n) is 5.34. The van der Waals surface area contributed by atoms with Crippen LogP contribution in [0.2, 0.25) is 5.02 Å². The first-order valence-corrected chi connectivity index (χ1v) is 6.51. The quantitative estimate of drug-likeness (QED) is 0.843. The molecule has 0 heterocycles. The van der Waals surface area contributed by atoms with Crippen molar-refractivity contribution in [2.45, 2.75) is 6.54 Å². The molecule has 2 rings (SSSR count). The van der Waals surface area contributed by atoms with Crippen LogP contribution in [0.4, 0.5) is 14.5 Å². The Balaban J connectivity index is 2.24. The van der Waals surface area contributed by atoms with Gasteiger partial charge in [-0.05, 0) is 34.1 Å². The summed E-state index contributed by atoms with van der Waals surface area (Å²) in [6.07, 6.45) is 0. The highest BCUT2D eigenvalue weighted by molar-refractivity contribution is 9.10. The normalized spacial score (nSPS) is 10.5. The Morgan fingerprint density at radius 3 is 2.63 bits per heavy atom. The second-order valence-corrected chi connectivity index (χ2v) is 5.10. The minimum atomic E-state index is -0.724. The molecule has 0 aliphatic rings. The molecule has 0 saturated heterocycles. The molecule has 0 aliphatic heterocycles. The van der Waals surface area contributed by atoms with Gasteiger partial charge in [0.1, 0.15) is 17.4 Å². The van der Waals surface area contributed by atoms with Crippen molar-refractivity contribution in [1.82, 2.24) is 0 Å². The van der Waals surface area contributed by atoms with Crippen LogP contribution in [0, 0.1) is 11.6 Å². The lowest BCUT2D eigenvalue weighted by molar-refractivity contribution is 0.469. The molecule has 2 aromatic carbocycles. The Kier molecular flexibility index (Phi) is 4.27. The Hall–Kier alpha value is -1.33. The first-order chi connectivity index (χ1) is 8.99. The van der Waals surface area contributed by atoms with Gasteiger partial charge in [-0.3, -0.25) is 0 Å². The van der Waals surface area contributed by atoms with Crippen LogP contribution in [0.3, 0.4) is 0 Å². The van der Waals surface area contributed by atoms with Gasteiger partial charge in [-0.25, -0.2) is 8.78 Å². The first kappa shape index (κ1) is 14.1. The van der Waals surface area contributed by atoms with Crippen molar-refractivity contribution >= 4 is 33.2 Å². The van der Waals surface area contributed by atoms with Gasteiger partial charge >= 0.3 is 0 Å². The van der Waals surface area contributed by atoms with Crippen LogP contribution < -0.4 is 5.32 Å². The summed E-state index contributed by atoms with van der Waals surface area (Å²) in [6, 6.07) is 6.64. The molecule has 2 aromatic rings. The van der Waals surface area contributed by atoms with E-state index in [1.54, 1.807) is 12.1 Å². The van der Waals surface area contributed by atoms with E-state index in [2.05, 4.69) is 21.2 Å². The third-order valence-electron chi connectivity index (χ3n) is 2.54. The molecule has 6 heteroatoms. The summed E-state index contributed by atoms with van der Waals surface area (Å²) < 4.78 is 26.8. The molecular weight excluding hydrogens is 340 g/mol. The average molecular weight is 349 g/mol. The highest BCUT2D eigenvalue weighted by Crippen LogP contribution is 2.30. The Bertz CT molecular complexity index is 578. The van der Waals surface area contributed by atoms with Crippen LogP contribution in [-0.4, -0.2) is 5.11 Å². The van der Waals surface area contributed by atoms with Gasteiger partial charge in [0.15, 0.2) is 0 Å². The van der Waals surface area contributed by atoms with Crippen molar-refractivity contribution in [3.8, 4) is 5.75 Å².